The first-order chi connectivity index (χ1) is 9.89. The maximum atomic E-state index is 13.9. The van der Waals surface area contributed by atoms with Crippen LogP contribution in [0.5, 0.6) is 0 Å². The Labute approximate surface area is 127 Å². The van der Waals surface area contributed by atoms with Gasteiger partial charge in [-0.3, -0.25) is 4.79 Å². The van der Waals surface area contributed by atoms with Gasteiger partial charge in [0, 0.05) is 12.1 Å². The number of nitrogens with zero attached hydrogens (tertiary/aromatic N) is 1. The number of carbonyl (C=O) groups is 1. The summed E-state index contributed by atoms with van der Waals surface area (Å²) in [5.41, 5.74) is -0.157. The zero-order valence-electron chi connectivity index (χ0n) is 11.3. The molecular weight excluding hydrogens is 317 g/mol. The zero-order valence-corrected chi connectivity index (χ0v) is 12.8. The van der Waals surface area contributed by atoms with Crippen molar-refractivity contribution in [3.63, 3.8) is 0 Å². The number of benzene rings is 1. The highest BCUT2D eigenvalue weighted by atomic mass is 35.5. The van der Waals surface area contributed by atoms with Gasteiger partial charge in [-0.1, -0.05) is 17.7 Å². The van der Waals surface area contributed by atoms with Crippen LogP contribution in [-0.4, -0.2) is 42.8 Å². The minimum Gasteiger partial charge on any atom is -0.331 e. The summed E-state index contributed by atoms with van der Waals surface area (Å²) in [4.78, 5) is 14.2. The van der Waals surface area contributed by atoms with Crippen LogP contribution in [0.25, 0.3) is 0 Å². The molecule has 4 nitrogen and oxygen atoms in total. The SMILES string of the molecule is O=C(c1c(F)cccc1Cl)N(C1CC1)C1CCS(=O)(=O)C1. The average Bonchev–Trinajstić information content (AvgIpc) is 3.14. The summed E-state index contributed by atoms with van der Waals surface area (Å²) in [5.74, 6) is -1.12. The summed E-state index contributed by atoms with van der Waals surface area (Å²) in [6, 6.07) is 3.73. The Morgan fingerprint density at radius 2 is 1.95 bits per heavy atom. The van der Waals surface area contributed by atoms with Gasteiger partial charge < -0.3 is 4.90 Å². The maximum absolute atomic E-state index is 13.9. The highest BCUT2D eigenvalue weighted by molar-refractivity contribution is 7.91. The van der Waals surface area contributed by atoms with Gasteiger partial charge in [0.1, 0.15) is 5.82 Å². The van der Waals surface area contributed by atoms with Gasteiger partial charge in [-0.2, -0.15) is 0 Å². The summed E-state index contributed by atoms with van der Waals surface area (Å²) in [7, 11) is -3.10. The first-order valence-corrected chi connectivity index (χ1v) is 9.06. The molecule has 1 aliphatic carbocycles. The van der Waals surface area contributed by atoms with Gasteiger partial charge in [0.2, 0.25) is 0 Å². The van der Waals surface area contributed by atoms with Crippen molar-refractivity contribution >= 4 is 27.3 Å². The summed E-state index contributed by atoms with van der Waals surface area (Å²) >= 11 is 5.95. The average molecular weight is 332 g/mol. The molecule has 3 rings (SSSR count). The smallest absolute Gasteiger partial charge is 0.258 e. The third-order valence-corrected chi connectivity index (χ3v) is 6.02. The van der Waals surface area contributed by atoms with E-state index in [4.69, 9.17) is 11.6 Å². The van der Waals surface area contributed by atoms with E-state index in [9.17, 15) is 17.6 Å². The van der Waals surface area contributed by atoms with E-state index < -0.39 is 21.6 Å². The van der Waals surface area contributed by atoms with Crippen LogP contribution < -0.4 is 0 Å². The largest absolute Gasteiger partial charge is 0.331 e. The fraction of sp³-hybridized carbons (Fsp3) is 0.500. The highest BCUT2D eigenvalue weighted by Gasteiger charge is 2.43. The molecule has 0 spiro atoms. The van der Waals surface area contributed by atoms with Gasteiger partial charge >= 0.3 is 0 Å². The zero-order chi connectivity index (χ0) is 15.2. The number of carbonyl (C=O) groups excluding carboxylic acids is 1. The second-order valence-electron chi connectivity index (χ2n) is 5.60. The van der Waals surface area contributed by atoms with Gasteiger partial charge in [-0.05, 0) is 31.4 Å². The lowest BCUT2D eigenvalue weighted by Gasteiger charge is -2.28. The molecule has 2 fully saturated rings. The first kappa shape index (κ1) is 14.8. The molecule has 7 heteroatoms. The van der Waals surface area contributed by atoms with E-state index in [0.29, 0.717) is 6.42 Å². The van der Waals surface area contributed by atoms with Gasteiger partial charge in [-0.25, -0.2) is 12.8 Å². The fourth-order valence-electron chi connectivity index (χ4n) is 2.81. The minimum absolute atomic E-state index is 0.00599. The van der Waals surface area contributed by atoms with Crippen LogP contribution >= 0.6 is 11.6 Å². The number of rotatable bonds is 3. The summed E-state index contributed by atoms with van der Waals surface area (Å²) < 4.78 is 37.2. The van der Waals surface area contributed by atoms with Crippen molar-refractivity contribution in [3.8, 4) is 0 Å². The summed E-state index contributed by atoms with van der Waals surface area (Å²) in [6.45, 7) is 0. The number of hydrogen-bond donors (Lipinski definition) is 0. The van der Waals surface area contributed by atoms with Gasteiger partial charge in [0.15, 0.2) is 9.84 Å². The molecule has 0 radical (unpaired) electrons. The van der Waals surface area contributed by atoms with Crippen molar-refractivity contribution in [2.75, 3.05) is 11.5 Å². The van der Waals surface area contributed by atoms with Crippen LogP contribution in [0.4, 0.5) is 4.39 Å². The predicted octanol–water partition coefficient (Wildman–Crippen LogP) is 2.27. The predicted molar refractivity (Wildman–Crippen MR) is 77.7 cm³/mol. The molecule has 1 saturated carbocycles. The topological polar surface area (TPSA) is 54.5 Å². The first-order valence-electron chi connectivity index (χ1n) is 6.86. The van der Waals surface area contributed by atoms with Crippen molar-refractivity contribution in [2.24, 2.45) is 0 Å². The lowest BCUT2D eigenvalue weighted by Crippen LogP contribution is -2.43. The summed E-state index contributed by atoms with van der Waals surface area (Å²) in [6.07, 6.45) is 2.07. The van der Waals surface area contributed by atoms with Gasteiger partial charge in [0.25, 0.3) is 5.91 Å². The summed E-state index contributed by atoms with van der Waals surface area (Å²) in [5, 5.41) is 0.0616. The molecule has 1 atom stereocenters. The lowest BCUT2D eigenvalue weighted by atomic mass is 10.1. The molecule has 1 unspecified atom stereocenters. The van der Waals surface area contributed by atoms with E-state index in [-0.39, 0.29) is 34.2 Å². The molecule has 1 aromatic carbocycles. The molecule has 0 N–H and O–H groups in total. The number of halogens is 2. The van der Waals surface area contributed by atoms with Crippen molar-refractivity contribution < 1.29 is 17.6 Å². The fourth-order valence-corrected chi connectivity index (χ4v) is 4.76. The highest BCUT2D eigenvalue weighted by Crippen LogP contribution is 2.35. The van der Waals surface area contributed by atoms with E-state index >= 15 is 0 Å². The van der Waals surface area contributed by atoms with E-state index in [1.165, 1.54) is 23.1 Å². The van der Waals surface area contributed by atoms with Crippen LogP contribution in [0.3, 0.4) is 0 Å². The second-order valence-corrected chi connectivity index (χ2v) is 8.23. The molecule has 0 aromatic heterocycles. The number of sulfone groups is 1. The van der Waals surface area contributed by atoms with Crippen LogP contribution in [0.2, 0.25) is 5.02 Å². The standard InChI is InChI=1S/C14H15ClFNO3S/c15-11-2-1-3-12(16)13(11)14(18)17(9-4-5-9)10-6-7-21(19,20)8-10/h1-3,9-10H,4-8H2. The Hall–Kier alpha value is -1.14. The maximum Gasteiger partial charge on any atom is 0.258 e. The van der Waals surface area contributed by atoms with Crippen LogP contribution in [0.1, 0.15) is 29.6 Å². The Morgan fingerprint density at radius 3 is 2.48 bits per heavy atom. The van der Waals surface area contributed by atoms with Crippen molar-refractivity contribution in [1.82, 2.24) is 4.90 Å². The molecule has 1 saturated heterocycles. The van der Waals surface area contributed by atoms with Gasteiger partial charge in [-0.15, -0.1) is 0 Å². The Balaban J connectivity index is 1.93. The third-order valence-electron chi connectivity index (χ3n) is 3.95. The Bertz CT molecular complexity index is 667. The Morgan fingerprint density at radius 1 is 1.24 bits per heavy atom. The van der Waals surface area contributed by atoms with Crippen molar-refractivity contribution in [1.29, 1.82) is 0 Å². The van der Waals surface area contributed by atoms with Gasteiger partial charge in [0.05, 0.1) is 22.1 Å². The van der Waals surface area contributed by atoms with Crippen LogP contribution in [0, 0.1) is 5.82 Å². The molecule has 1 aliphatic heterocycles. The van der Waals surface area contributed by atoms with E-state index in [2.05, 4.69) is 0 Å². The Kier molecular flexibility index (Phi) is 3.69. The minimum atomic E-state index is -3.10. The van der Waals surface area contributed by atoms with E-state index in [0.717, 1.165) is 12.8 Å². The number of hydrogen-bond acceptors (Lipinski definition) is 3. The molecular formula is C14H15ClFNO3S. The van der Waals surface area contributed by atoms with Crippen LogP contribution in [-0.2, 0) is 9.84 Å². The molecule has 21 heavy (non-hydrogen) atoms. The second kappa shape index (κ2) is 5.25. The van der Waals surface area contributed by atoms with Crippen LogP contribution in [0.15, 0.2) is 18.2 Å². The normalized spacial score (nSPS) is 24.0. The number of amides is 1. The van der Waals surface area contributed by atoms with Crippen molar-refractivity contribution in [3.05, 3.63) is 34.6 Å². The molecule has 0 bridgehead atoms. The molecule has 1 amide bonds. The molecule has 2 aliphatic rings. The third kappa shape index (κ3) is 2.92. The molecule has 114 valence electrons. The molecule has 1 heterocycles. The monoisotopic (exact) mass is 331 g/mol. The van der Waals surface area contributed by atoms with E-state index in [1.54, 1.807) is 0 Å². The molecule has 1 aromatic rings. The quantitative estimate of drug-likeness (QED) is 0.853. The van der Waals surface area contributed by atoms with E-state index in [1.807, 2.05) is 0 Å². The lowest BCUT2D eigenvalue weighted by molar-refractivity contribution is 0.0676. The van der Waals surface area contributed by atoms with Crippen molar-refractivity contribution in [2.45, 2.75) is 31.3 Å².